The molecule has 0 aliphatic carbocycles. The Hall–Kier alpha value is -1.99. The Labute approximate surface area is 127 Å². The van der Waals surface area contributed by atoms with E-state index in [4.69, 9.17) is 4.74 Å². The number of ether oxygens (including phenoxy) is 1. The first-order chi connectivity index (χ1) is 10.3. The molecule has 0 aliphatic rings. The molecule has 118 valence electrons. The fraction of sp³-hybridized carbons (Fsp3) is 0.200. The zero-order valence-corrected chi connectivity index (χ0v) is 12.8. The van der Waals surface area contributed by atoms with Gasteiger partial charge in [0.25, 0.3) is 0 Å². The van der Waals surface area contributed by atoms with Crippen LogP contribution in [-0.2, 0) is 10.0 Å². The van der Waals surface area contributed by atoms with Crippen LogP contribution >= 0.6 is 0 Å². The molecular weight excluding hydrogens is 312 g/mol. The van der Waals surface area contributed by atoms with E-state index in [0.29, 0.717) is 5.56 Å². The molecule has 0 fully saturated rings. The molecule has 2 rings (SSSR count). The van der Waals surface area contributed by atoms with Crippen LogP contribution in [0, 0.1) is 11.6 Å². The molecule has 0 saturated heterocycles. The Morgan fingerprint density at radius 1 is 1.09 bits per heavy atom. The van der Waals surface area contributed by atoms with Crippen molar-refractivity contribution in [2.75, 3.05) is 7.11 Å². The van der Waals surface area contributed by atoms with Gasteiger partial charge >= 0.3 is 0 Å². The first kappa shape index (κ1) is 16.4. The van der Waals surface area contributed by atoms with Crippen LogP contribution in [0.25, 0.3) is 0 Å². The van der Waals surface area contributed by atoms with Crippen LogP contribution in [0.15, 0.2) is 47.4 Å². The molecule has 1 atom stereocenters. The molecule has 22 heavy (non-hydrogen) atoms. The highest BCUT2D eigenvalue weighted by molar-refractivity contribution is 7.89. The summed E-state index contributed by atoms with van der Waals surface area (Å²) in [4.78, 5) is -0.0214. The summed E-state index contributed by atoms with van der Waals surface area (Å²) in [5.74, 6) is -1.81. The molecule has 0 saturated carbocycles. The summed E-state index contributed by atoms with van der Waals surface area (Å²) in [6.45, 7) is 1.54. The van der Waals surface area contributed by atoms with Gasteiger partial charge in [-0.15, -0.1) is 0 Å². The Bertz CT molecular complexity index is 778. The second-order valence-electron chi connectivity index (χ2n) is 4.67. The summed E-state index contributed by atoms with van der Waals surface area (Å²) >= 11 is 0. The van der Waals surface area contributed by atoms with Crippen molar-refractivity contribution >= 4 is 10.0 Å². The third-order valence-corrected chi connectivity index (χ3v) is 4.71. The van der Waals surface area contributed by atoms with Crippen LogP contribution in [0.5, 0.6) is 5.75 Å². The maximum atomic E-state index is 13.2. The van der Waals surface area contributed by atoms with Gasteiger partial charge in [-0.05, 0) is 36.8 Å². The second-order valence-corrected chi connectivity index (χ2v) is 6.35. The summed E-state index contributed by atoms with van der Waals surface area (Å²) < 4.78 is 58.4. The third-order valence-electron chi connectivity index (χ3n) is 3.13. The molecule has 0 radical (unpaired) electrons. The van der Waals surface area contributed by atoms with E-state index in [1.165, 1.54) is 25.3 Å². The van der Waals surface area contributed by atoms with Gasteiger partial charge in [0.2, 0.25) is 10.0 Å². The quantitative estimate of drug-likeness (QED) is 0.918. The monoisotopic (exact) mass is 327 g/mol. The lowest BCUT2D eigenvalue weighted by Crippen LogP contribution is -2.27. The van der Waals surface area contributed by atoms with Crippen LogP contribution in [0.4, 0.5) is 8.78 Å². The molecule has 7 heteroatoms. The number of halogens is 2. The number of para-hydroxylation sites is 1. The van der Waals surface area contributed by atoms with Crippen molar-refractivity contribution in [2.45, 2.75) is 17.9 Å². The summed E-state index contributed by atoms with van der Waals surface area (Å²) in [7, 11) is -2.50. The Morgan fingerprint density at radius 3 is 2.41 bits per heavy atom. The average Bonchev–Trinajstić information content (AvgIpc) is 2.49. The predicted octanol–water partition coefficient (Wildman–Crippen LogP) is 3.01. The number of sulfonamides is 1. The maximum Gasteiger partial charge on any atom is 0.244 e. The van der Waals surface area contributed by atoms with E-state index < -0.39 is 27.7 Å². The van der Waals surface area contributed by atoms with Gasteiger partial charge in [0.1, 0.15) is 10.6 Å². The largest absolute Gasteiger partial charge is 0.495 e. The minimum atomic E-state index is -3.86. The van der Waals surface area contributed by atoms with Crippen LogP contribution in [0.3, 0.4) is 0 Å². The van der Waals surface area contributed by atoms with Crippen LogP contribution in [0.2, 0.25) is 0 Å². The van der Waals surface area contributed by atoms with E-state index in [9.17, 15) is 17.2 Å². The summed E-state index contributed by atoms with van der Waals surface area (Å²) in [5, 5.41) is 0. The van der Waals surface area contributed by atoms with Crippen molar-refractivity contribution in [3.8, 4) is 5.75 Å². The van der Waals surface area contributed by atoms with Gasteiger partial charge in [-0.2, -0.15) is 0 Å². The third kappa shape index (κ3) is 3.42. The lowest BCUT2D eigenvalue weighted by molar-refractivity contribution is 0.402. The number of benzene rings is 2. The number of hydrogen-bond donors (Lipinski definition) is 1. The first-order valence-corrected chi connectivity index (χ1v) is 7.94. The van der Waals surface area contributed by atoms with Crippen molar-refractivity contribution in [3.05, 3.63) is 59.7 Å². The Kier molecular flexibility index (Phi) is 4.77. The van der Waals surface area contributed by atoms with Crippen LogP contribution in [-0.4, -0.2) is 15.5 Å². The van der Waals surface area contributed by atoms with E-state index in [0.717, 1.165) is 12.1 Å². The zero-order valence-electron chi connectivity index (χ0n) is 12.0. The molecule has 4 nitrogen and oxygen atoms in total. The van der Waals surface area contributed by atoms with Crippen molar-refractivity contribution in [1.29, 1.82) is 0 Å². The van der Waals surface area contributed by atoms with Crippen molar-refractivity contribution in [3.63, 3.8) is 0 Å². The van der Waals surface area contributed by atoms with E-state index >= 15 is 0 Å². The Morgan fingerprint density at radius 2 is 1.77 bits per heavy atom. The molecule has 1 N–H and O–H groups in total. The second kappa shape index (κ2) is 6.41. The minimum Gasteiger partial charge on any atom is -0.495 e. The minimum absolute atomic E-state index is 0.0214. The topological polar surface area (TPSA) is 55.4 Å². The van der Waals surface area contributed by atoms with Crippen LogP contribution < -0.4 is 9.46 Å². The number of hydrogen-bond acceptors (Lipinski definition) is 3. The van der Waals surface area contributed by atoms with Gasteiger partial charge in [-0.3, -0.25) is 0 Å². The van der Waals surface area contributed by atoms with Crippen molar-refractivity contribution in [2.24, 2.45) is 0 Å². The van der Waals surface area contributed by atoms with E-state index in [-0.39, 0.29) is 10.6 Å². The van der Waals surface area contributed by atoms with E-state index in [2.05, 4.69) is 4.72 Å². The van der Waals surface area contributed by atoms with Crippen LogP contribution in [0.1, 0.15) is 18.5 Å². The number of rotatable bonds is 5. The summed E-state index contributed by atoms with van der Waals surface area (Å²) in [6, 6.07) is 8.66. The van der Waals surface area contributed by atoms with Gasteiger partial charge in [0.05, 0.1) is 7.11 Å². The molecule has 0 amide bonds. The highest BCUT2D eigenvalue weighted by Crippen LogP contribution is 2.25. The highest BCUT2D eigenvalue weighted by atomic mass is 32.2. The average molecular weight is 327 g/mol. The SMILES string of the molecule is COc1ccccc1S(=O)(=O)NC(C)c1ccc(F)c(F)c1. The molecule has 2 aromatic carbocycles. The molecule has 1 unspecified atom stereocenters. The number of nitrogens with one attached hydrogen (secondary N) is 1. The smallest absolute Gasteiger partial charge is 0.244 e. The van der Waals surface area contributed by atoms with Crippen molar-refractivity contribution in [1.82, 2.24) is 4.72 Å². The fourth-order valence-electron chi connectivity index (χ4n) is 1.99. The molecule has 0 aliphatic heterocycles. The molecular formula is C15H15F2NO3S. The molecule has 0 bridgehead atoms. The number of methoxy groups -OCH3 is 1. The van der Waals surface area contributed by atoms with Crippen molar-refractivity contribution < 1.29 is 21.9 Å². The van der Waals surface area contributed by atoms with Gasteiger partial charge < -0.3 is 4.74 Å². The lowest BCUT2D eigenvalue weighted by atomic mass is 10.1. The van der Waals surface area contributed by atoms with Gasteiger partial charge in [-0.1, -0.05) is 18.2 Å². The summed E-state index contributed by atoms with van der Waals surface area (Å²) in [5.41, 5.74) is 0.317. The Balaban J connectivity index is 2.29. The van der Waals surface area contributed by atoms with E-state index in [1.54, 1.807) is 19.1 Å². The standard InChI is InChI=1S/C15H15F2NO3S/c1-10(11-7-8-12(16)13(17)9-11)18-22(19,20)15-6-4-3-5-14(15)21-2/h3-10,18H,1-2H3. The highest BCUT2D eigenvalue weighted by Gasteiger charge is 2.22. The first-order valence-electron chi connectivity index (χ1n) is 6.45. The van der Waals surface area contributed by atoms with E-state index in [1.807, 2.05) is 0 Å². The maximum absolute atomic E-state index is 13.2. The molecule has 0 spiro atoms. The molecule has 0 heterocycles. The lowest BCUT2D eigenvalue weighted by Gasteiger charge is -2.16. The van der Waals surface area contributed by atoms with Gasteiger partial charge in [-0.25, -0.2) is 21.9 Å². The molecule has 2 aromatic rings. The zero-order chi connectivity index (χ0) is 16.3. The summed E-state index contributed by atoms with van der Waals surface area (Å²) in [6.07, 6.45) is 0. The molecule has 0 aromatic heterocycles. The van der Waals surface area contributed by atoms with Gasteiger partial charge in [0, 0.05) is 6.04 Å². The predicted molar refractivity (Wildman–Crippen MR) is 78.1 cm³/mol. The van der Waals surface area contributed by atoms with Gasteiger partial charge in [0.15, 0.2) is 11.6 Å². The normalized spacial score (nSPS) is 12.9. The fourth-order valence-corrected chi connectivity index (χ4v) is 3.39.